The summed E-state index contributed by atoms with van der Waals surface area (Å²) < 4.78 is 35.6. The lowest BCUT2D eigenvalue weighted by Gasteiger charge is -2.27. The molecule has 2 fully saturated rings. The van der Waals surface area contributed by atoms with Gasteiger partial charge in [-0.25, -0.2) is 23.7 Å². The molecule has 5 rings (SSSR count). The van der Waals surface area contributed by atoms with Gasteiger partial charge in [0.15, 0.2) is 23.2 Å². The van der Waals surface area contributed by atoms with E-state index >= 15 is 0 Å². The van der Waals surface area contributed by atoms with E-state index in [0.29, 0.717) is 35.4 Å². The van der Waals surface area contributed by atoms with Crippen LogP contribution in [-0.2, 0) is 4.74 Å². The lowest BCUT2D eigenvalue weighted by molar-refractivity contribution is -0.0243. The molecule has 0 bridgehead atoms. The summed E-state index contributed by atoms with van der Waals surface area (Å²) in [7, 11) is 0. The van der Waals surface area contributed by atoms with E-state index < -0.39 is 36.5 Å². The minimum absolute atomic E-state index is 0.343. The lowest BCUT2D eigenvalue weighted by Crippen LogP contribution is -2.34. The van der Waals surface area contributed by atoms with E-state index in [1.54, 1.807) is 18.2 Å². The average molecular weight is 457 g/mol. The molecule has 33 heavy (non-hydrogen) atoms. The Labute approximate surface area is 189 Å². The second kappa shape index (κ2) is 9.12. The van der Waals surface area contributed by atoms with E-state index in [-0.39, 0.29) is 6.04 Å². The minimum atomic E-state index is -1.27. The molecule has 8 nitrogen and oxygen atoms in total. The molecule has 2 aromatic heterocycles. The van der Waals surface area contributed by atoms with Crippen LogP contribution in [0.5, 0.6) is 0 Å². The normalized spacial score (nSPS) is 30.3. The van der Waals surface area contributed by atoms with Crippen molar-refractivity contribution in [1.29, 1.82) is 0 Å². The van der Waals surface area contributed by atoms with Crippen molar-refractivity contribution in [2.45, 2.75) is 62.4 Å². The topological polar surface area (TPSA) is 105 Å². The van der Waals surface area contributed by atoms with Crippen LogP contribution in [0.3, 0.4) is 0 Å². The number of fused-ring (bicyclic) bond motifs is 1. The van der Waals surface area contributed by atoms with Crippen LogP contribution in [0, 0.1) is 5.82 Å². The highest BCUT2D eigenvalue weighted by Crippen LogP contribution is 2.34. The molecule has 1 aliphatic heterocycles. The number of hydrogen-bond donors (Lipinski definition) is 3. The fraction of sp³-hybridized carbons (Fsp3) is 0.435. The molecule has 174 valence electrons. The number of imidazole rings is 1. The van der Waals surface area contributed by atoms with Crippen LogP contribution in [0.4, 0.5) is 14.6 Å². The first-order valence-corrected chi connectivity index (χ1v) is 11.1. The van der Waals surface area contributed by atoms with Crippen molar-refractivity contribution in [3.05, 3.63) is 54.4 Å². The zero-order valence-corrected chi connectivity index (χ0v) is 17.8. The quantitative estimate of drug-likeness (QED) is 0.541. The minimum Gasteiger partial charge on any atom is -0.387 e. The summed E-state index contributed by atoms with van der Waals surface area (Å²) in [4.78, 5) is 12.9. The first kappa shape index (κ1) is 21.9. The number of benzene rings is 1. The zero-order chi connectivity index (χ0) is 22.9. The van der Waals surface area contributed by atoms with E-state index in [2.05, 4.69) is 20.3 Å². The number of halogens is 2. The molecule has 1 aliphatic carbocycles. The van der Waals surface area contributed by atoms with Gasteiger partial charge in [0.1, 0.15) is 36.6 Å². The van der Waals surface area contributed by atoms with Crippen molar-refractivity contribution in [1.82, 2.24) is 19.5 Å². The van der Waals surface area contributed by atoms with Crippen molar-refractivity contribution in [2.24, 2.45) is 0 Å². The van der Waals surface area contributed by atoms with Crippen molar-refractivity contribution in [2.75, 3.05) is 5.32 Å². The number of anilines is 1. The van der Waals surface area contributed by atoms with Crippen molar-refractivity contribution in [3.63, 3.8) is 0 Å². The van der Waals surface area contributed by atoms with Crippen LogP contribution in [0.2, 0.25) is 0 Å². The molecule has 6 atom stereocenters. The monoisotopic (exact) mass is 457 g/mol. The standard InChI is InChI=1S/C23H25F2N5O3/c24-14-6-2-1-5-13(14)9-10-17-19(31)20(32)23(33-17)30-12-28-18-21(26-11-27-22(18)30)29-16-8-4-3-7-15(16)25/h1-2,5-6,9-12,15-17,19-20,23,31-32H,3-4,7-8H2,(H,26,27,29)/t15?,16?,17-,19-,20-,23-/m1/s1. The molecule has 3 heterocycles. The maximum atomic E-state index is 14.3. The predicted octanol–water partition coefficient (Wildman–Crippen LogP) is 2.99. The van der Waals surface area contributed by atoms with Gasteiger partial charge in [0, 0.05) is 5.56 Å². The van der Waals surface area contributed by atoms with E-state index in [1.807, 2.05) is 0 Å². The molecule has 1 saturated heterocycles. The highest BCUT2D eigenvalue weighted by atomic mass is 19.1. The van der Waals surface area contributed by atoms with Gasteiger partial charge < -0.3 is 20.3 Å². The second-order valence-electron chi connectivity index (χ2n) is 8.45. The Kier molecular flexibility index (Phi) is 6.05. The molecular formula is C23H25F2N5O3. The third-order valence-electron chi connectivity index (χ3n) is 6.28. The average Bonchev–Trinajstić information content (AvgIpc) is 3.37. The number of ether oxygens (including phenoxy) is 1. The summed E-state index contributed by atoms with van der Waals surface area (Å²) in [6.07, 6.45) is 3.56. The SMILES string of the molecule is O[C@@H]1[C@H](O)[C@@H](C=Cc2ccccc2F)O[C@H]1n1cnc2c(NC3CCCCC3F)ncnc21. The number of nitrogens with zero attached hydrogens (tertiary/aromatic N) is 4. The molecule has 2 unspecified atom stereocenters. The van der Waals surface area contributed by atoms with Gasteiger partial charge in [-0.2, -0.15) is 0 Å². The number of alkyl halides is 1. The van der Waals surface area contributed by atoms with Gasteiger partial charge in [-0.15, -0.1) is 0 Å². The highest BCUT2D eigenvalue weighted by Gasteiger charge is 2.43. The molecule has 0 spiro atoms. The Hall–Kier alpha value is -2.95. The van der Waals surface area contributed by atoms with Crippen LogP contribution in [0.15, 0.2) is 43.0 Å². The fourth-order valence-electron chi connectivity index (χ4n) is 4.45. The molecule has 1 saturated carbocycles. The largest absolute Gasteiger partial charge is 0.387 e. The summed E-state index contributed by atoms with van der Waals surface area (Å²) in [5.41, 5.74) is 1.15. The third-order valence-corrected chi connectivity index (χ3v) is 6.28. The first-order chi connectivity index (χ1) is 16.0. The number of aliphatic hydroxyl groups is 2. The summed E-state index contributed by atoms with van der Waals surface area (Å²) in [5, 5.41) is 24.3. The fourth-order valence-corrected chi connectivity index (χ4v) is 4.45. The molecule has 0 radical (unpaired) electrons. The lowest BCUT2D eigenvalue weighted by atomic mass is 9.93. The summed E-state index contributed by atoms with van der Waals surface area (Å²) >= 11 is 0. The summed E-state index contributed by atoms with van der Waals surface area (Å²) in [6.45, 7) is 0. The Morgan fingerprint density at radius 3 is 2.73 bits per heavy atom. The van der Waals surface area contributed by atoms with Crippen molar-refractivity contribution >= 4 is 23.1 Å². The van der Waals surface area contributed by atoms with Crippen LogP contribution in [0.25, 0.3) is 17.2 Å². The predicted molar refractivity (Wildman–Crippen MR) is 117 cm³/mol. The van der Waals surface area contributed by atoms with Gasteiger partial charge in [0.05, 0.1) is 12.4 Å². The van der Waals surface area contributed by atoms with Gasteiger partial charge in [0.25, 0.3) is 0 Å². The number of nitrogens with one attached hydrogen (secondary N) is 1. The number of hydrogen-bond acceptors (Lipinski definition) is 7. The Morgan fingerprint density at radius 1 is 1.09 bits per heavy atom. The second-order valence-corrected chi connectivity index (χ2v) is 8.45. The summed E-state index contributed by atoms with van der Waals surface area (Å²) in [5.74, 6) is 0.0153. The van der Waals surface area contributed by atoms with Crippen LogP contribution in [-0.4, -0.2) is 60.3 Å². The third kappa shape index (κ3) is 4.21. The zero-order valence-electron chi connectivity index (χ0n) is 17.8. The van der Waals surface area contributed by atoms with E-state index in [4.69, 9.17) is 4.74 Å². The van der Waals surface area contributed by atoms with Crippen LogP contribution in [0.1, 0.15) is 37.5 Å². The van der Waals surface area contributed by atoms with Crippen molar-refractivity contribution < 1.29 is 23.7 Å². The maximum absolute atomic E-state index is 14.3. The molecule has 1 aromatic carbocycles. The number of rotatable bonds is 5. The Morgan fingerprint density at radius 2 is 1.91 bits per heavy atom. The molecule has 0 amide bonds. The van der Waals surface area contributed by atoms with Gasteiger partial charge in [-0.3, -0.25) is 4.57 Å². The number of aliphatic hydroxyl groups excluding tert-OH is 2. The van der Waals surface area contributed by atoms with Crippen LogP contribution < -0.4 is 5.32 Å². The molecular weight excluding hydrogens is 432 g/mol. The number of aromatic nitrogens is 4. The molecule has 10 heteroatoms. The van der Waals surface area contributed by atoms with E-state index in [0.717, 1.165) is 12.8 Å². The van der Waals surface area contributed by atoms with E-state index in [1.165, 1.54) is 35.4 Å². The Balaban J connectivity index is 1.38. The van der Waals surface area contributed by atoms with Crippen LogP contribution >= 0.6 is 0 Å². The maximum Gasteiger partial charge on any atom is 0.167 e. The summed E-state index contributed by atoms with van der Waals surface area (Å²) in [6, 6.07) is 5.89. The van der Waals surface area contributed by atoms with Gasteiger partial charge in [-0.1, -0.05) is 43.2 Å². The van der Waals surface area contributed by atoms with Gasteiger partial charge in [-0.05, 0) is 18.9 Å². The molecule has 3 N–H and O–H groups in total. The van der Waals surface area contributed by atoms with Gasteiger partial charge in [0.2, 0.25) is 0 Å². The smallest absolute Gasteiger partial charge is 0.167 e. The molecule has 2 aliphatic rings. The highest BCUT2D eigenvalue weighted by molar-refractivity contribution is 5.82. The first-order valence-electron chi connectivity index (χ1n) is 11.1. The molecule has 3 aromatic rings. The van der Waals surface area contributed by atoms with E-state index in [9.17, 15) is 19.0 Å². The Bertz CT molecular complexity index is 1160. The van der Waals surface area contributed by atoms with Crippen molar-refractivity contribution in [3.8, 4) is 0 Å². The van der Waals surface area contributed by atoms with Gasteiger partial charge >= 0.3 is 0 Å².